The summed E-state index contributed by atoms with van der Waals surface area (Å²) in [6, 6.07) is 15.4. The van der Waals surface area contributed by atoms with E-state index in [-0.39, 0.29) is 16.8 Å². The molecule has 0 aliphatic heterocycles. The van der Waals surface area contributed by atoms with Crippen molar-refractivity contribution in [2.75, 3.05) is 37.5 Å². The molecule has 0 radical (unpaired) electrons. The van der Waals surface area contributed by atoms with Gasteiger partial charge in [0.25, 0.3) is 11.8 Å². The molecule has 0 unspecified atom stereocenters. The van der Waals surface area contributed by atoms with Crippen LogP contribution in [0.3, 0.4) is 0 Å². The van der Waals surface area contributed by atoms with E-state index in [0.29, 0.717) is 42.4 Å². The number of amides is 2. The van der Waals surface area contributed by atoms with Gasteiger partial charge in [-0.15, -0.1) is 0 Å². The number of pyridine rings is 1. The second-order valence-corrected chi connectivity index (χ2v) is 7.29. The van der Waals surface area contributed by atoms with Crippen LogP contribution in [-0.2, 0) is 4.74 Å². The smallest absolute Gasteiger partial charge is 0.259 e. The molecule has 0 aliphatic carbocycles. The number of nitrogens with zero attached hydrogens (tertiary/aromatic N) is 1. The van der Waals surface area contributed by atoms with Gasteiger partial charge in [-0.2, -0.15) is 0 Å². The van der Waals surface area contributed by atoms with Gasteiger partial charge in [0.1, 0.15) is 11.6 Å². The van der Waals surface area contributed by atoms with Crippen LogP contribution < -0.4 is 20.7 Å². The Balaban J connectivity index is 1.70. The van der Waals surface area contributed by atoms with Gasteiger partial charge in [-0.05, 0) is 61.5 Å². The summed E-state index contributed by atoms with van der Waals surface area (Å²) in [4.78, 5) is 29.4. The third kappa shape index (κ3) is 6.68. The van der Waals surface area contributed by atoms with Gasteiger partial charge in [-0.25, -0.2) is 4.98 Å². The van der Waals surface area contributed by atoms with Crippen molar-refractivity contribution in [2.24, 2.45) is 0 Å². The Morgan fingerprint density at radius 1 is 1.00 bits per heavy atom. The van der Waals surface area contributed by atoms with Crippen LogP contribution in [0.1, 0.15) is 27.6 Å². The average Bonchev–Trinajstić information content (AvgIpc) is 2.81. The van der Waals surface area contributed by atoms with Crippen molar-refractivity contribution in [2.45, 2.75) is 6.92 Å². The normalized spacial score (nSPS) is 10.4. The molecular weight excluding hydrogens is 444 g/mol. The highest BCUT2D eigenvalue weighted by atomic mass is 35.5. The molecule has 3 aromatic rings. The first-order chi connectivity index (χ1) is 16.0. The Labute approximate surface area is 197 Å². The molecule has 33 heavy (non-hydrogen) atoms. The average molecular weight is 469 g/mol. The number of carbonyl (C=O) groups is 2. The Bertz CT molecular complexity index is 1110. The Morgan fingerprint density at radius 3 is 2.45 bits per heavy atom. The Morgan fingerprint density at radius 2 is 1.76 bits per heavy atom. The lowest BCUT2D eigenvalue weighted by atomic mass is 10.1. The van der Waals surface area contributed by atoms with Crippen LogP contribution in [-0.4, -0.2) is 43.7 Å². The fraction of sp³-hybridized carbons (Fsp3) is 0.208. The van der Waals surface area contributed by atoms with Crippen LogP contribution in [0.5, 0.6) is 5.75 Å². The monoisotopic (exact) mass is 468 g/mol. The highest BCUT2D eigenvalue weighted by Gasteiger charge is 2.15. The number of rotatable bonds is 10. The van der Waals surface area contributed by atoms with E-state index < -0.39 is 0 Å². The fourth-order valence-electron chi connectivity index (χ4n) is 2.96. The minimum Gasteiger partial charge on any atom is -0.494 e. The van der Waals surface area contributed by atoms with Gasteiger partial charge >= 0.3 is 0 Å². The molecule has 172 valence electrons. The maximum absolute atomic E-state index is 12.9. The molecule has 0 saturated carbocycles. The summed E-state index contributed by atoms with van der Waals surface area (Å²) in [7, 11) is 1.55. The Hall–Kier alpha value is -3.62. The first-order valence-corrected chi connectivity index (χ1v) is 10.7. The van der Waals surface area contributed by atoms with Crippen molar-refractivity contribution in [3.63, 3.8) is 0 Å². The van der Waals surface area contributed by atoms with Gasteiger partial charge in [0, 0.05) is 31.2 Å². The summed E-state index contributed by atoms with van der Waals surface area (Å²) >= 11 is 6.26. The van der Waals surface area contributed by atoms with Crippen molar-refractivity contribution in [3.8, 4) is 5.75 Å². The highest BCUT2D eigenvalue weighted by molar-refractivity contribution is 6.34. The molecule has 0 fully saturated rings. The van der Waals surface area contributed by atoms with E-state index in [1.807, 2.05) is 31.2 Å². The van der Waals surface area contributed by atoms with E-state index in [9.17, 15) is 9.59 Å². The van der Waals surface area contributed by atoms with Crippen molar-refractivity contribution in [1.82, 2.24) is 10.3 Å². The number of methoxy groups -OCH3 is 1. The first-order valence-electron chi connectivity index (χ1n) is 10.3. The second kappa shape index (κ2) is 11.8. The lowest BCUT2D eigenvalue weighted by molar-refractivity contribution is 0.0936. The SMILES string of the molecule is CCOc1ccc(Nc2ncccc2C(=O)Nc2ccc(C(=O)NCCOC)c(Cl)c2)cc1. The van der Waals surface area contributed by atoms with Crippen molar-refractivity contribution in [1.29, 1.82) is 0 Å². The Kier molecular flexibility index (Phi) is 8.63. The molecule has 2 aromatic carbocycles. The zero-order valence-electron chi connectivity index (χ0n) is 18.4. The lowest BCUT2D eigenvalue weighted by Gasteiger charge is -2.13. The van der Waals surface area contributed by atoms with Crippen LogP contribution in [0.15, 0.2) is 60.8 Å². The number of carbonyl (C=O) groups excluding carboxylic acids is 2. The number of anilines is 3. The summed E-state index contributed by atoms with van der Waals surface area (Å²) in [5.74, 6) is 0.475. The zero-order chi connectivity index (χ0) is 23.6. The minimum atomic E-state index is -0.370. The third-order valence-electron chi connectivity index (χ3n) is 4.54. The largest absolute Gasteiger partial charge is 0.494 e. The standard InChI is InChI=1S/C24H25ClN4O4/c1-3-33-18-9-6-16(7-10-18)28-22-20(5-4-12-26-22)24(31)29-17-8-11-19(21(25)15-17)23(30)27-13-14-32-2/h4-12,15H,3,13-14H2,1-2H3,(H,26,28)(H,27,30)(H,29,31). The van der Waals surface area contributed by atoms with Gasteiger partial charge in [0.15, 0.2) is 0 Å². The van der Waals surface area contributed by atoms with Gasteiger partial charge in [0.2, 0.25) is 0 Å². The van der Waals surface area contributed by atoms with Crippen molar-refractivity contribution < 1.29 is 19.1 Å². The van der Waals surface area contributed by atoms with E-state index in [1.165, 1.54) is 6.07 Å². The summed E-state index contributed by atoms with van der Waals surface area (Å²) in [6.07, 6.45) is 1.60. The number of hydrogen-bond donors (Lipinski definition) is 3. The maximum atomic E-state index is 12.9. The molecule has 3 rings (SSSR count). The predicted octanol–water partition coefficient (Wildman–Crippen LogP) is 4.51. The summed E-state index contributed by atoms with van der Waals surface area (Å²) in [6.45, 7) is 3.27. The zero-order valence-corrected chi connectivity index (χ0v) is 19.1. The quantitative estimate of drug-likeness (QED) is 0.378. The van der Waals surface area contributed by atoms with Crippen LogP contribution in [0, 0.1) is 0 Å². The van der Waals surface area contributed by atoms with E-state index >= 15 is 0 Å². The van der Waals surface area contributed by atoms with Crippen LogP contribution in [0.4, 0.5) is 17.2 Å². The van der Waals surface area contributed by atoms with Gasteiger partial charge < -0.3 is 25.4 Å². The molecule has 8 nitrogen and oxygen atoms in total. The van der Waals surface area contributed by atoms with Gasteiger partial charge in [-0.1, -0.05) is 11.6 Å². The van der Waals surface area contributed by atoms with Crippen LogP contribution in [0.25, 0.3) is 0 Å². The molecule has 0 spiro atoms. The second-order valence-electron chi connectivity index (χ2n) is 6.88. The molecule has 0 atom stereocenters. The lowest BCUT2D eigenvalue weighted by Crippen LogP contribution is -2.27. The highest BCUT2D eigenvalue weighted by Crippen LogP contribution is 2.24. The third-order valence-corrected chi connectivity index (χ3v) is 4.86. The van der Waals surface area contributed by atoms with Crippen LogP contribution >= 0.6 is 11.6 Å². The molecule has 3 N–H and O–H groups in total. The fourth-order valence-corrected chi connectivity index (χ4v) is 3.23. The number of hydrogen-bond acceptors (Lipinski definition) is 6. The molecule has 0 aliphatic rings. The predicted molar refractivity (Wildman–Crippen MR) is 129 cm³/mol. The number of ether oxygens (including phenoxy) is 2. The van der Waals surface area contributed by atoms with E-state index in [2.05, 4.69) is 20.9 Å². The maximum Gasteiger partial charge on any atom is 0.259 e. The number of nitrogens with one attached hydrogen (secondary N) is 3. The van der Waals surface area contributed by atoms with Gasteiger partial charge in [-0.3, -0.25) is 9.59 Å². The summed E-state index contributed by atoms with van der Waals surface area (Å²) in [5, 5.41) is 8.88. The van der Waals surface area contributed by atoms with Crippen LogP contribution in [0.2, 0.25) is 5.02 Å². The molecule has 1 aromatic heterocycles. The first kappa shape index (κ1) is 24.0. The molecule has 0 bridgehead atoms. The number of halogens is 1. The van der Waals surface area contributed by atoms with Crippen molar-refractivity contribution >= 4 is 40.6 Å². The molecule has 9 heteroatoms. The minimum absolute atomic E-state index is 0.224. The van der Waals surface area contributed by atoms with E-state index in [0.717, 1.165) is 11.4 Å². The topological polar surface area (TPSA) is 102 Å². The van der Waals surface area contributed by atoms with Crippen molar-refractivity contribution in [3.05, 3.63) is 76.9 Å². The summed E-state index contributed by atoms with van der Waals surface area (Å²) < 4.78 is 10.4. The number of aromatic nitrogens is 1. The summed E-state index contributed by atoms with van der Waals surface area (Å²) in [5.41, 5.74) is 1.88. The van der Waals surface area contributed by atoms with Gasteiger partial charge in [0.05, 0.1) is 29.4 Å². The molecular formula is C24H25ClN4O4. The molecule has 2 amide bonds. The van der Waals surface area contributed by atoms with E-state index in [4.69, 9.17) is 21.1 Å². The molecule has 0 saturated heterocycles. The van der Waals surface area contributed by atoms with E-state index in [1.54, 1.807) is 37.6 Å². The molecule has 1 heterocycles. The number of benzene rings is 2.